The molecule has 0 saturated carbocycles. The van der Waals surface area contributed by atoms with Gasteiger partial charge in [-0.1, -0.05) is 42.5 Å². The second-order valence-corrected chi connectivity index (χ2v) is 13.1. The maximum Gasteiger partial charge on any atom is 0.247 e. The number of likely N-dealkylation sites (tertiary alicyclic amines) is 1. The summed E-state index contributed by atoms with van der Waals surface area (Å²) in [5.41, 5.74) is 0.376. The average molecular weight is 510 g/mol. The maximum atomic E-state index is 14.2. The van der Waals surface area contributed by atoms with Gasteiger partial charge < -0.3 is 19.8 Å². The van der Waals surface area contributed by atoms with E-state index in [9.17, 15) is 19.5 Å². The highest BCUT2D eigenvalue weighted by atomic mass is 32.2. The molecule has 4 heterocycles. The molecule has 192 valence electrons. The minimum absolute atomic E-state index is 0.0705. The molecule has 1 spiro atoms. The number of thioether (sulfide) groups is 1. The summed E-state index contributed by atoms with van der Waals surface area (Å²) in [5, 5.41) is 9.56. The lowest BCUT2D eigenvalue weighted by atomic mass is 9.74. The largest absolute Gasteiger partial charge is 0.396 e. The van der Waals surface area contributed by atoms with Crippen LogP contribution >= 0.6 is 11.8 Å². The van der Waals surface area contributed by atoms with E-state index in [1.165, 1.54) is 0 Å². The van der Waals surface area contributed by atoms with Crippen molar-refractivity contribution >= 4 is 35.2 Å². The predicted octanol–water partition coefficient (Wildman–Crippen LogP) is 2.86. The van der Waals surface area contributed by atoms with Crippen LogP contribution in [0.4, 0.5) is 5.69 Å². The van der Waals surface area contributed by atoms with E-state index in [-0.39, 0.29) is 30.9 Å². The normalized spacial score (nSPS) is 34.0. The number of aliphatic hydroxyl groups excluding tert-OH is 1. The molecule has 5 atom stereocenters. The summed E-state index contributed by atoms with van der Waals surface area (Å²) in [5.74, 6) is -1.63. The van der Waals surface area contributed by atoms with Gasteiger partial charge in [-0.3, -0.25) is 14.4 Å². The van der Waals surface area contributed by atoms with Gasteiger partial charge in [0.05, 0.1) is 16.6 Å². The van der Waals surface area contributed by atoms with E-state index >= 15 is 0 Å². The van der Waals surface area contributed by atoms with Crippen molar-refractivity contribution in [3.8, 4) is 0 Å². The van der Waals surface area contributed by atoms with Crippen LogP contribution in [-0.4, -0.2) is 79.9 Å². The number of benzene rings is 1. The van der Waals surface area contributed by atoms with Crippen LogP contribution in [0.1, 0.15) is 34.1 Å². The summed E-state index contributed by atoms with van der Waals surface area (Å²) in [7, 11) is 0. The summed E-state index contributed by atoms with van der Waals surface area (Å²) >= 11 is 1.59. The van der Waals surface area contributed by atoms with Gasteiger partial charge in [-0.25, -0.2) is 0 Å². The quantitative estimate of drug-likeness (QED) is 0.632. The lowest BCUT2D eigenvalue weighted by Gasteiger charge is -2.41. The molecule has 1 aromatic rings. The lowest BCUT2D eigenvalue weighted by molar-refractivity contribution is -0.145. The first-order valence-corrected chi connectivity index (χ1v) is 13.5. The Balaban J connectivity index is 1.64. The number of rotatable bonds is 4. The third-order valence-electron chi connectivity index (χ3n) is 7.99. The molecule has 1 N–H and O–H groups in total. The van der Waals surface area contributed by atoms with Crippen LogP contribution in [0.3, 0.4) is 0 Å². The molecule has 0 aliphatic carbocycles. The van der Waals surface area contributed by atoms with Gasteiger partial charge >= 0.3 is 0 Å². The average Bonchev–Trinajstić information content (AvgIpc) is 3.08. The summed E-state index contributed by atoms with van der Waals surface area (Å²) in [4.78, 5) is 47.9. The van der Waals surface area contributed by atoms with Crippen molar-refractivity contribution in [1.29, 1.82) is 0 Å². The Morgan fingerprint density at radius 1 is 0.972 bits per heavy atom. The Morgan fingerprint density at radius 3 is 2.33 bits per heavy atom. The Hall–Kier alpha value is -2.58. The molecular formula is C28H35N3O4S. The van der Waals surface area contributed by atoms with E-state index in [0.29, 0.717) is 19.5 Å². The Bertz CT molecular complexity index is 1130. The summed E-state index contributed by atoms with van der Waals surface area (Å²) in [6, 6.07) is 8.83. The molecule has 2 saturated heterocycles. The monoisotopic (exact) mass is 509 g/mol. The second kappa shape index (κ2) is 8.77. The van der Waals surface area contributed by atoms with E-state index < -0.39 is 32.9 Å². The molecule has 7 nitrogen and oxygen atoms in total. The first-order chi connectivity index (χ1) is 17.0. The van der Waals surface area contributed by atoms with Crippen LogP contribution in [0, 0.1) is 11.8 Å². The van der Waals surface area contributed by atoms with Crippen LogP contribution < -0.4 is 4.90 Å². The number of nitrogens with zero attached hydrogens (tertiary/aromatic N) is 3. The molecular weight excluding hydrogens is 474 g/mol. The second-order valence-electron chi connectivity index (χ2n) is 11.3. The van der Waals surface area contributed by atoms with Gasteiger partial charge in [-0.05, 0) is 46.2 Å². The van der Waals surface area contributed by atoms with Crippen molar-refractivity contribution in [2.24, 2.45) is 11.8 Å². The molecule has 1 aromatic carbocycles. The van der Waals surface area contributed by atoms with Crippen molar-refractivity contribution < 1.29 is 19.5 Å². The number of amides is 3. The minimum atomic E-state index is -0.858. The number of anilines is 1. The molecule has 36 heavy (non-hydrogen) atoms. The number of para-hydroxylation sites is 1. The highest BCUT2D eigenvalue weighted by molar-refractivity contribution is 8.02. The number of hydrogen-bond donors (Lipinski definition) is 1. The first-order valence-electron chi connectivity index (χ1n) is 12.7. The highest BCUT2D eigenvalue weighted by Gasteiger charge is 2.74. The Labute approximate surface area is 217 Å². The summed E-state index contributed by atoms with van der Waals surface area (Å²) < 4.78 is -1.49. The lowest BCUT2D eigenvalue weighted by Crippen LogP contribution is -2.57. The molecule has 2 fully saturated rings. The fourth-order valence-electron chi connectivity index (χ4n) is 6.45. The van der Waals surface area contributed by atoms with E-state index in [4.69, 9.17) is 0 Å². The Kier molecular flexibility index (Phi) is 6.11. The molecule has 3 amide bonds. The van der Waals surface area contributed by atoms with Gasteiger partial charge in [0.25, 0.3) is 0 Å². The zero-order valence-corrected chi connectivity index (χ0v) is 22.2. The third kappa shape index (κ3) is 3.64. The van der Waals surface area contributed by atoms with E-state index in [1.807, 2.05) is 81.2 Å². The van der Waals surface area contributed by atoms with E-state index in [0.717, 1.165) is 5.69 Å². The standard InChI is InChI=1S/C28H35N3O4S/c1-26(2,3)31-17-9-14-28-21(24(34)30(16-10-18-32)22(28)25(31)35)20-23(33)29(19-11-6-5-7-12-19)15-8-13-27(20,4)36-28/h5-9,11-14,20-22,32H,10,15-18H2,1-4H3/t20-,21-,22?,27+,28-/m0/s1. The molecule has 4 aliphatic heterocycles. The van der Waals surface area contributed by atoms with Crippen LogP contribution in [0.5, 0.6) is 0 Å². The Morgan fingerprint density at radius 2 is 1.67 bits per heavy atom. The fourth-order valence-corrected chi connectivity index (χ4v) is 8.60. The number of carbonyl (C=O) groups excluding carboxylic acids is 3. The van der Waals surface area contributed by atoms with Gasteiger partial charge in [-0.2, -0.15) is 0 Å². The zero-order chi connectivity index (χ0) is 25.9. The first kappa shape index (κ1) is 25.1. The number of aliphatic hydroxyl groups is 1. The van der Waals surface area contributed by atoms with Crippen molar-refractivity contribution in [3.63, 3.8) is 0 Å². The summed E-state index contributed by atoms with van der Waals surface area (Å²) in [6.45, 7) is 9.14. The van der Waals surface area contributed by atoms with Crippen LogP contribution in [-0.2, 0) is 14.4 Å². The summed E-state index contributed by atoms with van der Waals surface area (Å²) in [6.07, 6.45) is 8.52. The number of carbonyl (C=O) groups is 3. The SMILES string of the molecule is CC(C)(C)N1CC=C[C@]23S[C@]4(C)C=CCN(c5ccccc5)C(=O)[C@@H]4[C@H]2C(=O)N(CCCO)C3C1=O. The van der Waals surface area contributed by atoms with E-state index in [2.05, 4.69) is 6.08 Å². The number of fused-ring (bicyclic) bond motifs is 2. The zero-order valence-electron chi connectivity index (χ0n) is 21.4. The van der Waals surface area contributed by atoms with E-state index in [1.54, 1.807) is 21.6 Å². The van der Waals surface area contributed by atoms with Crippen LogP contribution in [0.2, 0.25) is 0 Å². The molecule has 0 aromatic heterocycles. The van der Waals surface area contributed by atoms with Crippen molar-refractivity contribution in [1.82, 2.24) is 9.80 Å². The van der Waals surface area contributed by atoms with Crippen molar-refractivity contribution in [2.45, 2.75) is 55.2 Å². The number of hydrogen-bond acceptors (Lipinski definition) is 5. The molecule has 0 radical (unpaired) electrons. The maximum absolute atomic E-state index is 14.2. The third-order valence-corrected chi connectivity index (χ3v) is 9.79. The van der Waals surface area contributed by atoms with Crippen LogP contribution in [0.15, 0.2) is 54.6 Å². The van der Waals surface area contributed by atoms with Crippen molar-refractivity contribution in [2.75, 3.05) is 31.1 Å². The van der Waals surface area contributed by atoms with Gasteiger partial charge in [-0.15, -0.1) is 11.8 Å². The molecule has 1 unspecified atom stereocenters. The predicted molar refractivity (Wildman–Crippen MR) is 141 cm³/mol. The molecule has 5 rings (SSSR count). The van der Waals surface area contributed by atoms with Gasteiger partial charge in [0.1, 0.15) is 6.04 Å². The van der Waals surface area contributed by atoms with Gasteiger partial charge in [0.2, 0.25) is 17.7 Å². The molecule has 0 bridgehead atoms. The fraction of sp³-hybridized carbons (Fsp3) is 0.536. The van der Waals surface area contributed by atoms with Crippen LogP contribution in [0.25, 0.3) is 0 Å². The van der Waals surface area contributed by atoms with Crippen molar-refractivity contribution in [3.05, 3.63) is 54.6 Å². The van der Waals surface area contributed by atoms with Gasteiger partial charge in [0, 0.05) is 42.2 Å². The minimum Gasteiger partial charge on any atom is -0.396 e. The molecule has 4 aliphatic rings. The topological polar surface area (TPSA) is 81.2 Å². The molecule has 8 heteroatoms. The smallest absolute Gasteiger partial charge is 0.247 e. The van der Waals surface area contributed by atoms with Gasteiger partial charge in [0.15, 0.2) is 0 Å². The highest BCUT2D eigenvalue weighted by Crippen LogP contribution is 2.65.